The number of hydrogen-bond acceptors (Lipinski definition) is 7. The van der Waals surface area contributed by atoms with Gasteiger partial charge in [0, 0.05) is 0 Å². The molecule has 2 aromatic rings. The quantitative estimate of drug-likeness (QED) is 0.217. The molecule has 2 atom stereocenters. The van der Waals surface area contributed by atoms with Gasteiger partial charge in [-0.3, -0.25) is 20.2 Å². The van der Waals surface area contributed by atoms with E-state index in [1.165, 1.54) is 19.2 Å². The molecule has 37 heavy (non-hydrogen) atoms. The summed E-state index contributed by atoms with van der Waals surface area (Å²) in [5.41, 5.74) is 5.44. The Balaban J connectivity index is 2.30. The van der Waals surface area contributed by atoms with Gasteiger partial charge in [0.15, 0.2) is 0 Å². The van der Waals surface area contributed by atoms with Crippen LogP contribution < -0.4 is 15.3 Å². The zero-order valence-electron chi connectivity index (χ0n) is 21.2. The van der Waals surface area contributed by atoms with Crippen molar-refractivity contribution >= 4 is 39.6 Å². The number of hydrazine groups is 1. The summed E-state index contributed by atoms with van der Waals surface area (Å²) in [4.78, 5) is 37.6. The number of sulfonamides is 1. The molecule has 0 aliphatic rings. The molecular weight excluding hydrogens is 498 g/mol. The molecule has 11 heteroatoms. The van der Waals surface area contributed by atoms with Gasteiger partial charge in [0.2, 0.25) is 21.8 Å². The van der Waals surface area contributed by atoms with Crippen molar-refractivity contribution < 1.29 is 32.7 Å². The van der Waals surface area contributed by atoms with E-state index >= 15 is 0 Å². The maximum atomic E-state index is 13.4. The monoisotopic (exact) mass is 531 g/mol. The first kappa shape index (κ1) is 29.5. The highest BCUT2D eigenvalue weighted by Crippen LogP contribution is 2.26. The van der Waals surface area contributed by atoms with E-state index in [0.717, 1.165) is 16.2 Å². The molecule has 2 rings (SSSR count). The van der Waals surface area contributed by atoms with Crippen molar-refractivity contribution in [3.8, 4) is 0 Å². The van der Waals surface area contributed by atoms with Crippen molar-refractivity contribution in [2.24, 2.45) is 17.8 Å². The molecule has 0 unspecified atom stereocenters. The average Bonchev–Trinajstić information content (AvgIpc) is 2.87. The van der Waals surface area contributed by atoms with Crippen LogP contribution >= 0.6 is 0 Å². The molecule has 0 saturated heterocycles. The van der Waals surface area contributed by atoms with Crippen LogP contribution in [0.3, 0.4) is 0 Å². The van der Waals surface area contributed by atoms with Gasteiger partial charge in [-0.15, -0.1) is 0 Å². The number of para-hydroxylation sites is 1. The summed E-state index contributed by atoms with van der Waals surface area (Å²) < 4.78 is 30.3. The number of anilines is 1. The van der Waals surface area contributed by atoms with E-state index in [1.807, 2.05) is 13.8 Å². The second-order valence-corrected chi connectivity index (χ2v) is 10.7. The molecule has 0 radical (unpaired) electrons. The van der Waals surface area contributed by atoms with Crippen molar-refractivity contribution in [3.05, 3.63) is 71.8 Å². The van der Waals surface area contributed by atoms with E-state index < -0.39 is 39.6 Å². The van der Waals surface area contributed by atoms with Crippen LogP contribution in [0.4, 0.5) is 5.69 Å². The van der Waals surface area contributed by atoms with Gasteiger partial charge >= 0.3 is 5.97 Å². The molecule has 0 heterocycles. The Hall–Kier alpha value is -3.70. The maximum Gasteiger partial charge on any atom is 0.337 e. The molecule has 0 fully saturated rings. The topological polar surface area (TPSA) is 142 Å². The number of benzene rings is 2. The Morgan fingerprint density at radius 2 is 1.62 bits per heavy atom. The molecule has 0 spiro atoms. The summed E-state index contributed by atoms with van der Waals surface area (Å²) in [5, 5.41) is 9.38. The van der Waals surface area contributed by atoms with E-state index in [9.17, 15) is 28.0 Å². The Morgan fingerprint density at radius 1 is 1.00 bits per heavy atom. The summed E-state index contributed by atoms with van der Waals surface area (Å²) in [6.45, 7) is 3.75. The van der Waals surface area contributed by atoms with Crippen molar-refractivity contribution in [1.29, 1.82) is 0 Å². The Kier molecular flexibility index (Phi) is 10.8. The minimum Gasteiger partial charge on any atom is -0.465 e. The summed E-state index contributed by atoms with van der Waals surface area (Å²) in [6, 6.07) is 14.6. The number of nitrogens with one attached hydrogen (secondary N) is 2. The highest BCUT2D eigenvalue weighted by Gasteiger charge is 2.35. The number of hydrogen-bond donors (Lipinski definition) is 3. The van der Waals surface area contributed by atoms with E-state index in [-0.39, 0.29) is 24.4 Å². The number of carbonyl (C=O) groups excluding carboxylic acids is 3. The second kappa shape index (κ2) is 13.6. The van der Waals surface area contributed by atoms with Gasteiger partial charge in [-0.1, -0.05) is 56.3 Å². The Morgan fingerprint density at radius 3 is 2.14 bits per heavy atom. The fraction of sp³-hybridized carbons (Fsp3) is 0.346. The van der Waals surface area contributed by atoms with Crippen LogP contribution in [0.15, 0.2) is 60.7 Å². The lowest BCUT2D eigenvalue weighted by atomic mass is 9.82. The molecule has 10 nitrogen and oxygen atoms in total. The SMILES string of the molecule is COC(=O)c1ccc(/C=C/C[C@H](C(=O)NO)[C@@H](CC(C)C)C(=O)NN(c2ccccc2)S(C)(=O)=O)cc1. The molecule has 2 aromatic carbocycles. The van der Waals surface area contributed by atoms with Crippen LogP contribution in [0.25, 0.3) is 6.08 Å². The third kappa shape index (κ3) is 8.72. The van der Waals surface area contributed by atoms with Gasteiger partial charge in [-0.05, 0) is 48.6 Å². The second-order valence-electron chi connectivity index (χ2n) is 8.91. The number of carbonyl (C=O) groups is 3. The fourth-order valence-electron chi connectivity index (χ4n) is 3.78. The molecule has 0 saturated carbocycles. The average molecular weight is 532 g/mol. The van der Waals surface area contributed by atoms with Crippen LogP contribution in [-0.2, 0) is 24.3 Å². The van der Waals surface area contributed by atoms with Gasteiger partial charge in [-0.25, -0.2) is 18.7 Å². The molecule has 0 aliphatic heterocycles. The molecule has 0 aromatic heterocycles. The van der Waals surface area contributed by atoms with Crippen LogP contribution in [0, 0.1) is 17.8 Å². The lowest BCUT2D eigenvalue weighted by Gasteiger charge is -2.29. The number of esters is 1. The molecule has 2 amide bonds. The number of ether oxygens (including phenoxy) is 1. The smallest absolute Gasteiger partial charge is 0.337 e. The van der Waals surface area contributed by atoms with E-state index in [0.29, 0.717) is 5.56 Å². The van der Waals surface area contributed by atoms with Crippen LogP contribution in [0.5, 0.6) is 0 Å². The first-order valence-corrected chi connectivity index (χ1v) is 13.5. The number of allylic oxidation sites excluding steroid dienone is 1. The fourth-order valence-corrected chi connectivity index (χ4v) is 4.54. The summed E-state index contributed by atoms with van der Waals surface area (Å²) in [7, 11) is -2.59. The number of amides is 2. The highest BCUT2D eigenvalue weighted by molar-refractivity contribution is 7.92. The van der Waals surface area contributed by atoms with E-state index in [4.69, 9.17) is 0 Å². The number of nitrogens with zero attached hydrogens (tertiary/aromatic N) is 1. The first-order valence-electron chi connectivity index (χ1n) is 11.6. The minimum atomic E-state index is -3.89. The molecular formula is C26H33N3O7S. The van der Waals surface area contributed by atoms with Crippen LogP contribution in [0.2, 0.25) is 0 Å². The molecule has 3 N–H and O–H groups in total. The van der Waals surface area contributed by atoms with E-state index in [2.05, 4.69) is 10.2 Å². The zero-order chi connectivity index (χ0) is 27.6. The van der Waals surface area contributed by atoms with Gasteiger partial charge in [0.25, 0.3) is 0 Å². The molecule has 200 valence electrons. The number of hydroxylamine groups is 1. The number of rotatable bonds is 12. The largest absolute Gasteiger partial charge is 0.465 e. The van der Waals surface area contributed by atoms with Crippen molar-refractivity contribution in [2.45, 2.75) is 26.7 Å². The third-order valence-electron chi connectivity index (χ3n) is 5.56. The summed E-state index contributed by atoms with van der Waals surface area (Å²) in [5.74, 6) is -3.86. The number of methoxy groups -OCH3 is 1. The van der Waals surface area contributed by atoms with Crippen LogP contribution in [-0.4, -0.2) is 44.8 Å². The van der Waals surface area contributed by atoms with E-state index in [1.54, 1.807) is 60.1 Å². The minimum absolute atomic E-state index is 0.0111. The maximum absolute atomic E-state index is 13.4. The Labute approximate surface area is 217 Å². The van der Waals surface area contributed by atoms with Gasteiger partial charge in [-0.2, -0.15) is 4.41 Å². The third-order valence-corrected chi connectivity index (χ3v) is 6.53. The lowest BCUT2D eigenvalue weighted by molar-refractivity contribution is -0.140. The van der Waals surface area contributed by atoms with Crippen LogP contribution in [0.1, 0.15) is 42.6 Å². The zero-order valence-corrected chi connectivity index (χ0v) is 22.1. The molecule has 0 aliphatic carbocycles. The summed E-state index contributed by atoms with van der Waals surface area (Å²) >= 11 is 0. The van der Waals surface area contributed by atoms with Gasteiger partial charge in [0.05, 0.1) is 36.5 Å². The lowest BCUT2D eigenvalue weighted by Crippen LogP contribution is -2.51. The Bertz CT molecular complexity index is 1200. The standard InChI is InChI=1S/C26H33N3O7S/c1-18(2)17-23(24(30)27-29(37(4,34)35)21-10-6-5-7-11-21)22(25(31)28-33)12-8-9-19-13-15-20(16-14-19)26(32)36-3/h5-11,13-16,18,22-23,33H,12,17H2,1-4H3,(H,27,30)(H,28,31)/b9-8+/t22-,23+/m0/s1. The van der Waals surface area contributed by atoms with Gasteiger partial charge < -0.3 is 4.74 Å². The predicted molar refractivity (Wildman–Crippen MR) is 140 cm³/mol. The normalized spacial score (nSPS) is 13.1. The predicted octanol–water partition coefficient (Wildman–Crippen LogP) is 3.16. The van der Waals surface area contributed by atoms with Gasteiger partial charge in [0.1, 0.15) is 0 Å². The summed E-state index contributed by atoms with van der Waals surface area (Å²) in [6.07, 6.45) is 4.71. The van der Waals surface area contributed by atoms with Crippen molar-refractivity contribution in [1.82, 2.24) is 10.9 Å². The van der Waals surface area contributed by atoms with Crippen molar-refractivity contribution in [3.63, 3.8) is 0 Å². The molecule has 0 bridgehead atoms. The first-order chi connectivity index (χ1) is 17.5. The van der Waals surface area contributed by atoms with Crippen molar-refractivity contribution in [2.75, 3.05) is 17.8 Å². The highest BCUT2D eigenvalue weighted by atomic mass is 32.2.